The highest BCUT2D eigenvalue weighted by atomic mass is 32.2. The number of hydrogen-bond donors (Lipinski definition) is 8. The van der Waals surface area contributed by atoms with Gasteiger partial charge in [-0.1, -0.05) is 18.7 Å². The minimum atomic E-state index is -2.35. The van der Waals surface area contributed by atoms with Gasteiger partial charge in [0, 0.05) is 11.8 Å². The summed E-state index contributed by atoms with van der Waals surface area (Å²) in [6.07, 6.45) is 2.65. The molecule has 0 amide bonds. The summed E-state index contributed by atoms with van der Waals surface area (Å²) < 4.78 is 5.48. The predicted molar refractivity (Wildman–Crippen MR) is 102 cm³/mol. The Morgan fingerprint density at radius 2 is 1.92 bits per heavy atom. The number of nitrogens with one attached hydrogen (secondary N) is 1. The number of ether oxygens (including phenoxy) is 1. The highest BCUT2D eigenvalue weighted by molar-refractivity contribution is 7.99. The number of rotatable bonds is 8. The molecule has 2 atom stereocenters. The Balaban J connectivity index is 2.01. The van der Waals surface area contributed by atoms with Gasteiger partial charge in [0.15, 0.2) is 16.8 Å². The number of aliphatic hydroxyl groups is 1. The molecule has 11 nitrogen and oxygen atoms in total. The first-order valence-electron chi connectivity index (χ1n) is 8.41. The van der Waals surface area contributed by atoms with Gasteiger partial charge in [-0.15, -0.1) is 0 Å². The monoisotopic (exact) mass is 387 g/mol. The first-order valence-corrected chi connectivity index (χ1v) is 9.40. The van der Waals surface area contributed by atoms with Gasteiger partial charge in [0.2, 0.25) is 11.7 Å². The Bertz CT molecular complexity index is 623. The maximum absolute atomic E-state index is 9.59. The fourth-order valence-corrected chi connectivity index (χ4v) is 3.28. The van der Waals surface area contributed by atoms with E-state index in [2.05, 4.69) is 22.2 Å². The van der Waals surface area contributed by atoms with Crippen molar-refractivity contribution in [2.45, 2.75) is 61.6 Å². The van der Waals surface area contributed by atoms with Crippen LogP contribution in [0, 0.1) is 0 Å². The minimum absolute atomic E-state index is 0.0140. The van der Waals surface area contributed by atoms with Crippen molar-refractivity contribution in [3.63, 3.8) is 0 Å². The lowest BCUT2D eigenvalue weighted by atomic mass is 10.2. The Morgan fingerprint density at radius 3 is 2.54 bits per heavy atom. The van der Waals surface area contributed by atoms with Crippen molar-refractivity contribution in [3.05, 3.63) is 0 Å². The van der Waals surface area contributed by atoms with Crippen molar-refractivity contribution >= 4 is 29.1 Å². The van der Waals surface area contributed by atoms with Crippen LogP contribution in [0.3, 0.4) is 0 Å². The summed E-state index contributed by atoms with van der Waals surface area (Å²) in [5.74, 6) is -2.79. The molecule has 0 aromatic carbocycles. The Morgan fingerprint density at radius 1 is 1.23 bits per heavy atom. The molecule has 1 heterocycles. The zero-order valence-corrected chi connectivity index (χ0v) is 15.6. The zero-order valence-electron chi connectivity index (χ0n) is 14.8. The van der Waals surface area contributed by atoms with Gasteiger partial charge in [-0.2, -0.15) is 0 Å². The van der Waals surface area contributed by atoms with Crippen LogP contribution in [-0.4, -0.2) is 44.7 Å². The molecule has 1 aliphatic rings. The molecule has 0 bridgehead atoms. The van der Waals surface area contributed by atoms with Crippen LogP contribution in [0.5, 0.6) is 0 Å². The minimum Gasteiger partial charge on any atom is -0.393 e. The zero-order chi connectivity index (χ0) is 19.5. The van der Waals surface area contributed by atoms with E-state index in [1.807, 2.05) is 0 Å². The molecule has 12 heteroatoms. The standard InChI is InChI=1S/C14H29N9O2S/c1-2-5-26-12-22-10(16)9(15)11(23-12)21-7-3-4-8(6-7)25-14(19,20)13(17,18)24/h7-8,24H,2-6,15,17-20H2,1H3,(H3,16,21,22,23). The summed E-state index contributed by atoms with van der Waals surface area (Å²) in [5.41, 5.74) is 34.2. The molecule has 1 fully saturated rings. The van der Waals surface area contributed by atoms with E-state index in [1.165, 1.54) is 11.8 Å². The number of aromatic nitrogens is 2. The highest BCUT2D eigenvalue weighted by Crippen LogP contribution is 2.31. The van der Waals surface area contributed by atoms with Gasteiger partial charge in [-0.05, 0) is 25.7 Å². The second-order valence-corrected chi connectivity index (χ2v) is 7.58. The third kappa shape index (κ3) is 5.07. The van der Waals surface area contributed by atoms with Crippen molar-refractivity contribution in [1.82, 2.24) is 9.97 Å². The molecule has 0 saturated heterocycles. The van der Waals surface area contributed by atoms with Gasteiger partial charge in [0.05, 0.1) is 6.10 Å². The molecular formula is C14H29N9O2S. The molecular weight excluding hydrogens is 358 g/mol. The van der Waals surface area contributed by atoms with Gasteiger partial charge in [0.1, 0.15) is 5.69 Å². The number of nitrogens with two attached hydrogens (primary N) is 6. The molecule has 148 valence electrons. The number of nitrogen functional groups attached to an aromatic ring is 2. The molecule has 1 aliphatic carbocycles. The summed E-state index contributed by atoms with van der Waals surface area (Å²) in [7, 11) is 0. The Labute approximate surface area is 156 Å². The third-order valence-corrected chi connectivity index (χ3v) is 5.16. The van der Waals surface area contributed by atoms with Crippen LogP contribution in [0.2, 0.25) is 0 Å². The second kappa shape index (κ2) is 8.08. The van der Waals surface area contributed by atoms with Crippen LogP contribution in [0.1, 0.15) is 32.6 Å². The van der Waals surface area contributed by atoms with Gasteiger partial charge in [0.25, 0.3) is 0 Å². The average Bonchev–Trinajstić information content (AvgIpc) is 2.95. The average molecular weight is 388 g/mol. The van der Waals surface area contributed by atoms with Crippen molar-refractivity contribution < 1.29 is 9.84 Å². The lowest BCUT2D eigenvalue weighted by molar-refractivity contribution is -0.197. The van der Waals surface area contributed by atoms with E-state index in [0.717, 1.165) is 18.6 Å². The van der Waals surface area contributed by atoms with E-state index in [0.29, 0.717) is 29.5 Å². The molecule has 0 radical (unpaired) electrons. The lowest BCUT2D eigenvalue weighted by Gasteiger charge is -2.37. The maximum Gasteiger partial charge on any atom is 0.228 e. The van der Waals surface area contributed by atoms with E-state index in [4.69, 9.17) is 39.1 Å². The second-order valence-electron chi connectivity index (χ2n) is 6.51. The van der Waals surface area contributed by atoms with Crippen molar-refractivity contribution in [2.75, 3.05) is 22.5 Å². The van der Waals surface area contributed by atoms with Crippen LogP contribution in [0.15, 0.2) is 5.16 Å². The van der Waals surface area contributed by atoms with Gasteiger partial charge >= 0.3 is 0 Å². The molecule has 1 saturated carbocycles. The van der Waals surface area contributed by atoms with Crippen LogP contribution in [0.4, 0.5) is 17.3 Å². The SMILES string of the molecule is CCCSc1nc(N)c(N)c(NC2CCC(OC(N)(N)C(N)(N)O)C2)n1. The Hall–Kier alpha value is -1.41. The summed E-state index contributed by atoms with van der Waals surface area (Å²) >= 11 is 1.52. The van der Waals surface area contributed by atoms with E-state index >= 15 is 0 Å². The van der Waals surface area contributed by atoms with Crippen molar-refractivity contribution in [3.8, 4) is 0 Å². The first kappa shape index (κ1) is 20.9. The summed E-state index contributed by atoms with van der Waals surface area (Å²) in [4.78, 5) is 8.63. The summed E-state index contributed by atoms with van der Waals surface area (Å²) in [5, 5.41) is 13.4. The van der Waals surface area contributed by atoms with Gasteiger partial charge < -0.3 is 26.6 Å². The lowest BCUT2D eigenvalue weighted by Crippen LogP contribution is -2.78. The van der Waals surface area contributed by atoms with Gasteiger partial charge in [-0.25, -0.2) is 9.97 Å². The fraction of sp³-hybridized carbons (Fsp3) is 0.714. The number of anilines is 3. The van der Waals surface area contributed by atoms with Gasteiger partial charge in [-0.3, -0.25) is 22.9 Å². The van der Waals surface area contributed by atoms with E-state index in [9.17, 15) is 5.11 Å². The maximum atomic E-state index is 9.59. The molecule has 1 aromatic heterocycles. The number of nitrogens with zero attached hydrogens (tertiary/aromatic N) is 2. The molecule has 0 aliphatic heterocycles. The smallest absolute Gasteiger partial charge is 0.228 e. The predicted octanol–water partition coefficient (Wildman–Crippen LogP) is -1.37. The fourth-order valence-electron chi connectivity index (χ4n) is 2.58. The summed E-state index contributed by atoms with van der Waals surface area (Å²) in [6.45, 7) is 2.07. The topological polar surface area (TPSA) is 223 Å². The van der Waals surface area contributed by atoms with E-state index in [-0.39, 0.29) is 18.0 Å². The van der Waals surface area contributed by atoms with Crippen LogP contribution >= 0.6 is 11.8 Å². The summed E-state index contributed by atoms with van der Waals surface area (Å²) in [6, 6.07) is 0.0140. The third-order valence-electron chi connectivity index (χ3n) is 4.10. The molecule has 26 heavy (non-hydrogen) atoms. The number of thioether (sulfide) groups is 1. The van der Waals surface area contributed by atoms with Crippen LogP contribution < -0.4 is 39.7 Å². The molecule has 2 rings (SSSR count). The van der Waals surface area contributed by atoms with Crippen LogP contribution in [-0.2, 0) is 4.74 Å². The largest absolute Gasteiger partial charge is 0.393 e. The van der Waals surface area contributed by atoms with E-state index in [1.54, 1.807) is 0 Å². The van der Waals surface area contributed by atoms with Crippen molar-refractivity contribution in [2.24, 2.45) is 22.9 Å². The molecule has 1 aromatic rings. The number of hydrogen-bond acceptors (Lipinski definition) is 12. The molecule has 14 N–H and O–H groups in total. The van der Waals surface area contributed by atoms with Crippen molar-refractivity contribution in [1.29, 1.82) is 0 Å². The highest BCUT2D eigenvalue weighted by Gasteiger charge is 2.43. The first-order chi connectivity index (χ1) is 12.0. The van der Waals surface area contributed by atoms with E-state index < -0.39 is 11.7 Å². The molecule has 2 unspecified atom stereocenters. The molecule has 0 spiro atoms. The Kier molecular flexibility index (Phi) is 6.50. The van der Waals surface area contributed by atoms with Crippen LogP contribution in [0.25, 0.3) is 0 Å². The normalized spacial score (nSPS) is 21.2. The quantitative estimate of drug-likeness (QED) is 0.147.